The van der Waals surface area contributed by atoms with Crippen molar-refractivity contribution in [3.05, 3.63) is 20.8 Å². The van der Waals surface area contributed by atoms with E-state index in [9.17, 15) is 9.90 Å². The molecule has 4 heteroatoms. The zero-order chi connectivity index (χ0) is 11.5. The summed E-state index contributed by atoms with van der Waals surface area (Å²) in [6.07, 6.45) is 5.72. The normalized spacial score (nSPS) is 19.6. The molecule has 0 amide bonds. The standard InChI is InChI=1S/C12H15BrO2S/c13-11-9(6-7-16-11)10(12(14)15)8-4-2-1-3-5-8/h6-8,10H,1-5H2,(H,14,15). The number of thiophene rings is 1. The van der Waals surface area contributed by atoms with Crippen molar-refractivity contribution in [3.8, 4) is 0 Å². The van der Waals surface area contributed by atoms with Crippen LogP contribution in [0.5, 0.6) is 0 Å². The lowest BCUT2D eigenvalue weighted by Crippen LogP contribution is -2.23. The summed E-state index contributed by atoms with van der Waals surface area (Å²) in [5.41, 5.74) is 0.962. The van der Waals surface area contributed by atoms with Crippen LogP contribution in [-0.4, -0.2) is 11.1 Å². The fourth-order valence-electron chi connectivity index (χ4n) is 2.58. The minimum atomic E-state index is -0.675. The molecule has 1 heterocycles. The Balaban J connectivity index is 2.23. The molecule has 1 saturated carbocycles. The number of rotatable bonds is 3. The van der Waals surface area contributed by atoms with Crippen LogP contribution in [-0.2, 0) is 4.79 Å². The zero-order valence-corrected chi connectivity index (χ0v) is 11.4. The molecule has 0 radical (unpaired) electrons. The first kappa shape index (κ1) is 12.1. The van der Waals surface area contributed by atoms with Crippen LogP contribution in [0.3, 0.4) is 0 Å². The predicted molar refractivity (Wildman–Crippen MR) is 69.0 cm³/mol. The molecule has 88 valence electrons. The summed E-state index contributed by atoms with van der Waals surface area (Å²) in [6.45, 7) is 0. The van der Waals surface area contributed by atoms with Gasteiger partial charge in [0.1, 0.15) is 0 Å². The highest BCUT2D eigenvalue weighted by Crippen LogP contribution is 2.40. The molecular weight excluding hydrogens is 288 g/mol. The second-order valence-corrected chi connectivity index (χ2v) is 6.60. The molecule has 0 aromatic carbocycles. The lowest BCUT2D eigenvalue weighted by atomic mass is 9.77. The summed E-state index contributed by atoms with van der Waals surface area (Å²) in [4.78, 5) is 11.4. The maximum Gasteiger partial charge on any atom is 0.311 e. The van der Waals surface area contributed by atoms with Gasteiger partial charge in [-0.3, -0.25) is 4.79 Å². The Labute approximate surface area is 108 Å². The summed E-state index contributed by atoms with van der Waals surface area (Å²) >= 11 is 5.02. The predicted octanol–water partition coefficient (Wildman–Crippen LogP) is 4.26. The Morgan fingerprint density at radius 2 is 2.12 bits per heavy atom. The van der Waals surface area contributed by atoms with Crippen molar-refractivity contribution in [2.24, 2.45) is 5.92 Å². The number of carboxylic acid groups (broad SMARTS) is 1. The number of hydrogen-bond donors (Lipinski definition) is 1. The molecular formula is C12H15BrO2S. The largest absolute Gasteiger partial charge is 0.481 e. The van der Waals surface area contributed by atoms with Gasteiger partial charge in [-0.05, 0) is 51.7 Å². The average Bonchev–Trinajstić information content (AvgIpc) is 2.66. The van der Waals surface area contributed by atoms with Gasteiger partial charge in [-0.1, -0.05) is 19.3 Å². The second-order valence-electron chi connectivity index (χ2n) is 4.36. The van der Waals surface area contributed by atoms with Crippen LogP contribution in [0.1, 0.15) is 43.6 Å². The lowest BCUT2D eigenvalue weighted by Gasteiger charge is -2.27. The number of carboxylic acids is 1. The highest BCUT2D eigenvalue weighted by Gasteiger charge is 2.32. The second kappa shape index (κ2) is 5.32. The van der Waals surface area contributed by atoms with Crippen LogP contribution in [0.25, 0.3) is 0 Å². The maximum absolute atomic E-state index is 11.4. The molecule has 2 rings (SSSR count). The molecule has 1 fully saturated rings. The monoisotopic (exact) mass is 302 g/mol. The van der Waals surface area contributed by atoms with Crippen LogP contribution in [0.2, 0.25) is 0 Å². The molecule has 0 saturated heterocycles. The van der Waals surface area contributed by atoms with Crippen molar-refractivity contribution in [1.82, 2.24) is 0 Å². The first-order chi connectivity index (χ1) is 7.70. The summed E-state index contributed by atoms with van der Waals surface area (Å²) in [7, 11) is 0. The van der Waals surface area contributed by atoms with Gasteiger partial charge in [-0.25, -0.2) is 0 Å². The van der Waals surface area contributed by atoms with Crippen LogP contribution in [0.4, 0.5) is 0 Å². The molecule has 2 nitrogen and oxygen atoms in total. The van der Waals surface area contributed by atoms with Gasteiger partial charge in [0, 0.05) is 0 Å². The first-order valence-corrected chi connectivity index (χ1v) is 7.33. The number of aliphatic carboxylic acids is 1. The molecule has 1 N–H and O–H groups in total. The Morgan fingerprint density at radius 3 is 2.62 bits per heavy atom. The van der Waals surface area contributed by atoms with Crippen molar-refractivity contribution in [1.29, 1.82) is 0 Å². The molecule has 1 aromatic heterocycles. The van der Waals surface area contributed by atoms with Gasteiger partial charge in [0.05, 0.1) is 9.70 Å². The van der Waals surface area contributed by atoms with Crippen molar-refractivity contribution in [3.63, 3.8) is 0 Å². The van der Waals surface area contributed by atoms with E-state index in [1.165, 1.54) is 19.3 Å². The fourth-order valence-corrected chi connectivity index (χ4v) is 3.95. The Kier molecular flexibility index (Phi) is 4.03. The number of carbonyl (C=O) groups is 1. The third-order valence-electron chi connectivity index (χ3n) is 3.37. The van der Waals surface area contributed by atoms with Gasteiger partial charge in [0.15, 0.2) is 0 Å². The minimum Gasteiger partial charge on any atom is -0.481 e. The SMILES string of the molecule is O=C(O)C(c1ccsc1Br)C1CCCCC1. The van der Waals surface area contributed by atoms with E-state index < -0.39 is 5.97 Å². The summed E-state index contributed by atoms with van der Waals surface area (Å²) < 4.78 is 0.977. The van der Waals surface area contributed by atoms with E-state index in [0.717, 1.165) is 22.2 Å². The van der Waals surface area contributed by atoms with E-state index in [-0.39, 0.29) is 5.92 Å². The van der Waals surface area contributed by atoms with Gasteiger partial charge in [0.25, 0.3) is 0 Å². The highest BCUT2D eigenvalue weighted by molar-refractivity contribution is 9.11. The van der Waals surface area contributed by atoms with E-state index in [4.69, 9.17) is 0 Å². The lowest BCUT2D eigenvalue weighted by molar-refractivity contribution is -0.140. The quantitative estimate of drug-likeness (QED) is 0.906. The molecule has 1 aliphatic carbocycles. The van der Waals surface area contributed by atoms with E-state index in [1.54, 1.807) is 11.3 Å². The summed E-state index contributed by atoms with van der Waals surface area (Å²) in [6, 6.07) is 1.95. The first-order valence-electron chi connectivity index (χ1n) is 5.66. The van der Waals surface area contributed by atoms with Crippen LogP contribution in [0.15, 0.2) is 15.2 Å². The Hall–Kier alpha value is -0.350. The third-order valence-corrected chi connectivity index (χ3v) is 5.10. The summed E-state index contributed by atoms with van der Waals surface area (Å²) in [5, 5.41) is 11.4. The van der Waals surface area contributed by atoms with Gasteiger partial charge in [-0.15, -0.1) is 11.3 Å². The summed E-state index contributed by atoms with van der Waals surface area (Å²) in [5.74, 6) is -0.677. The maximum atomic E-state index is 11.4. The molecule has 16 heavy (non-hydrogen) atoms. The van der Waals surface area contributed by atoms with Crippen molar-refractivity contribution in [2.45, 2.75) is 38.0 Å². The van der Waals surface area contributed by atoms with Gasteiger partial charge in [-0.2, -0.15) is 0 Å². The van der Waals surface area contributed by atoms with E-state index >= 15 is 0 Å². The zero-order valence-electron chi connectivity index (χ0n) is 8.99. The van der Waals surface area contributed by atoms with E-state index in [0.29, 0.717) is 5.92 Å². The third kappa shape index (κ3) is 2.48. The van der Waals surface area contributed by atoms with Crippen molar-refractivity contribution in [2.75, 3.05) is 0 Å². The molecule has 1 aliphatic rings. The van der Waals surface area contributed by atoms with Gasteiger partial charge < -0.3 is 5.11 Å². The topological polar surface area (TPSA) is 37.3 Å². The van der Waals surface area contributed by atoms with Crippen LogP contribution in [0, 0.1) is 5.92 Å². The smallest absolute Gasteiger partial charge is 0.311 e. The average molecular weight is 303 g/mol. The molecule has 1 atom stereocenters. The Morgan fingerprint density at radius 1 is 1.44 bits per heavy atom. The van der Waals surface area contributed by atoms with Gasteiger partial charge >= 0.3 is 5.97 Å². The molecule has 0 bridgehead atoms. The highest BCUT2D eigenvalue weighted by atomic mass is 79.9. The fraction of sp³-hybridized carbons (Fsp3) is 0.583. The minimum absolute atomic E-state index is 0.317. The van der Waals surface area contributed by atoms with E-state index in [2.05, 4.69) is 15.9 Å². The van der Waals surface area contributed by atoms with Gasteiger partial charge in [0.2, 0.25) is 0 Å². The molecule has 1 aromatic rings. The number of halogens is 1. The molecule has 1 unspecified atom stereocenters. The van der Waals surface area contributed by atoms with Crippen molar-refractivity contribution >= 4 is 33.2 Å². The number of hydrogen-bond acceptors (Lipinski definition) is 2. The molecule has 0 spiro atoms. The molecule has 0 aliphatic heterocycles. The van der Waals surface area contributed by atoms with E-state index in [1.807, 2.05) is 11.4 Å². The van der Waals surface area contributed by atoms with Crippen molar-refractivity contribution < 1.29 is 9.90 Å². The van der Waals surface area contributed by atoms with Crippen LogP contribution < -0.4 is 0 Å². The van der Waals surface area contributed by atoms with Crippen LogP contribution >= 0.6 is 27.3 Å². The Bertz CT molecular complexity index is 369.